The van der Waals surface area contributed by atoms with Gasteiger partial charge in [-0.1, -0.05) is 35.9 Å². The normalized spacial score (nSPS) is 11.6. The van der Waals surface area contributed by atoms with Crippen LogP contribution in [0.5, 0.6) is 0 Å². The molecule has 1 amide bonds. The van der Waals surface area contributed by atoms with E-state index in [0.717, 1.165) is 4.90 Å². The second-order valence-electron chi connectivity index (χ2n) is 4.74. The number of esters is 1. The molecule has 1 atom stereocenters. The highest BCUT2D eigenvalue weighted by molar-refractivity contribution is 8.00. The summed E-state index contributed by atoms with van der Waals surface area (Å²) in [4.78, 5) is 24.7. The molecule has 6 heteroatoms. The minimum Gasteiger partial charge on any atom is -0.455 e. The number of hydrogen-bond donors (Lipinski definition) is 1. The van der Waals surface area contributed by atoms with Crippen LogP contribution in [0.3, 0.4) is 0 Å². The number of carbonyl (C=O) groups excluding carboxylic acids is 2. The molecule has 120 valence electrons. The number of benzene rings is 2. The lowest BCUT2D eigenvalue weighted by atomic mass is 10.3. The molecule has 0 unspecified atom stereocenters. The molecule has 0 aliphatic rings. The van der Waals surface area contributed by atoms with E-state index in [1.807, 2.05) is 30.3 Å². The molecule has 0 aromatic heterocycles. The third-order valence-electron chi connectivity index (χ3n) is 2.84. The topological polar surface area (TPSA) is 55.4 Å². The van der Waals surface area contributed by atoms with Crippen molar-refractivity contribution in [2.24, 2.45) is 0 Å². The van der Waals surface area contributed by atoms with Crippen LogP contribution in [0.4, 0.5) is 5.69 Å². The van der Waals surface area contributed by atoms with Gasteiger partial charge in [-0.15, -0.1) is 11.8 Å². The monoisotopic (exact) mass is 349 g/mol. The Balaban J connectivity index is 1.78. The van der Waals surface area contributed by atoms with Crippen LogP contribution >= 0.6 is 23.4 Å². The molecule has 0 heterocycles. The van der Waals surface area contributed by atoms with Gasteiger partial charge in [-0.2, -0.15) is 0 Å². The first-order chi connectivity index (χ1) is 11.0. The summed E-state index contributed by atoms with van der Waals surface area (Å²) in [6.07, 6.45) is 0. The molecule has 0 saturated carbocycles. The average Bonchev–Trinajstić information content (AvgIpc) is 2.53. The summed E-state index contributed by atoms with van der Waals surface area (Å²) in [5.74, 6) is -0.836. The van der Waals surface area contributed by atoms with Gasteiger partial charge in [0.15, 0.2) is 6.61 Å². The maximum atomic E-state index is 11.9. The van der Waals surface area contributed by atoms with E-state index in [1.54, 1.807) is 31.2 Å². The van der Waals surface area contributed by atoms with Gasteiger partial charge in [0.1, 0.15) is 5.25 Å². The predicted octanol–water partition coefficient (Wildman–Crippen LogP) is 4.00. The van der Waals surface area contributed by atoms with Gasteiger partial charge in [0.05, 0.1) is 0 Å². The Morgan fingerprint density at radius 3 is 2.61 bits per heavy atom. The van der Waals surface area contributed by atoms with Crippen molar-refractivity contribution in [2.75, 3.05) is 11.9 Å². The summed E-state index contributed by atoms with van der Waals surface area (Å²) >= 11 is 7.22. The van der Waals surface area contributed by atoms with Crippen LogP contribution in [-0.2, 0) is 14.3 Å². The number of ether oxygens (including phenoxy) is 1. The molecule has 4 nitrogen and oxygen atoms in total. The van der Waals surface area contributed by atoms with Crippen molar-refractivity contribution < 1.29 is 14.3 Å². The van der Waals surface area contributed by atoms with Crippen LogP contribution in [0.15, 0.2) is 59.5 Å². The van der Waals surface area contributed by atoms with Crippen molar-refractivity contribution >= 4 is 40.9 Å². The minimum absolute atomic E-state index is 0.328. The zero-order valence-corrected chi connectivity index (χ0v) is 14.1. The third kappa shape index (κ3) is 5.96. The largest absolute Gasteiger partial charge is 0.455 e. The molecular weight excluding hydrogens is 334 g/mol. The van der Waals surface area contributed by atoms with Gasteiger partial charge in [-0.3, -0.25) is 9.59 Å². The Morgan fingerprint density at radius 2 is 1.91 bits per heavy atom. The predicted molar refractivity (Wildman–Crippen MR) is 92.8 cm³/mol. The van der Waals surface area contributed by atoms with Crippen molar-refractivity contribution in [2.45, 2.75) is 17.1 Å². The van der Waals surface area contributed by atoms with E-state index in [1.165, 1.54) is 11.8 Å². The number of rotatable bonds is 6. The quantitative estimate of drug-likeness (QED) is 0.632. The molecule has 23 heavy (non-hydrogen) atoms. The highest BCUT2D eigenvalue weighted by Crippen LogP contribution is 2.23. The van der Waals surface area contributed by atoms with Gasteiger partial charge in [-0.25, -0.2) is 0 Å². The second kappa shape index (κ2) is 8.60. The van der Waals surface area contributed by atoms with Crippen LogP contribution in [0, 0.1) is 0 Å². The van der Waals surface area contributed by atoms with E-state index < -0.39 is 17.1 Å². The number of anilines is 1. The summed E-state index contributed by atoms with van der Waals surface area (Å²) in [5, 5.41) is 2.75. The summed E-state index contributed by atoms with van der Waals surface area (Å²) in [6.45, 7) is 1.42. The van der Waals surface area contributed by atoms with E-state index >= 15 is 0 Å². The molecule has 0 aliphatic carbocycles. The summed E-state index contributed by atoms with van der Waals surface area (Å²) in [7, 11) is 0. The van der Waals surface area contributed by atoms with E-state index in [2.05, 4.69) is 5.32 Å². The smallest absolute Gasteiger partial charge is 0.319 e. The fraction of sp³-hybridized carbons (Fsp3) is 0.176. The van der Waals surface area contributed by atoms with Gasteiger partial charge in [0, 0.05) is 15.6 Å². The Kier molecular flexibility index (Phi) is 6.50. The van der Waals surface area contributed by atoms with Crippen molar-refractivity contribution in [3.63, 3.8) is 0 Å². The van der Waals surface area contributed by atoms with Crippen molar-refractivity contribution in [1.82, 2.24) is 0 Å². The lowest BCUT2D eigenvalue weighted by molar-refractivity contribution is -0.146. The molecule has 2 rings (SSSR count). The van der Waals surface area contributed by atoms with Crippen molar-refractivity contribution in [1.29, 1.82) is 0 Å². The molecule has 0 spiro atoms. The van der Waals surface area contributed by atoms with Crippen LogP contribution < -0.4 is 5.32 Å². The van der Waals surface area contributed by atoms with E-state index in [-0.39, 0.29) is 6.61 Å². The lowest BCUT2D eigenvalue weighted by Gasteiger charge is -2.11. The maximum absolute atomic E-state index is 11.9. The van der Waals surface area contributed by atoms with Gasteiger partial charge >= 0.3 is 5.97 Å². The highest BCUT2D eigenvalue weighted by atomic mass is 35.5. The Labute approximate surface area is 144 Å². The zero-order valence-electron chi connectivity index (χ0n) is 12.5. The van der Waals surface area contributed by atoms with E-state index in [9.17, 15) is 9.59 Å². The molecule has 2 aromatic rings. The molecule has 1 N–H and O–H groups in total. The summed E-state index contributed by atoms with van der Waals surface area (Å²) in [5.41, 5.74) is 0.560. The minimum atomic E-state index is -0.430. The Morgan fingerprint density at radius 1 is 1.17 bits per heavy atom. The number of nitrogens with one attached hydrogen (secondary N) is 1. The van der Waals surface area contributed by atoms with E-state index in [4.69, 9.17) is 16.3 Å². The second-order valence-corrected chi connectivity index (χ2v) is 6.59. The Bertz CT molecular complexity index is 679. The van der Waals surface area contributed by atoms with Gasteiger partial charge in [0.2, 0.25) is 0 Å². The molecule has 2 aromatic carbocycles. The highest BCUT2D eigenvalue weighted by Gasteiger charge is 2.17. The van der Waals surface area contributed by atoms with Crippen LogP contribution in [0.2, 0.25) is 5.02 Å². The molecule has 0 bridgehead atoms. The first-order valence-corrected chi connectivity index (χ1v) is 8.24. The molecule has 0 radical (unpaired) electrons. The molecule has 0 saturated heterocycles. The number of carbonyl (C=O) groups is 2. The van der Waals surface area contributed by atoms with Gasteiger partial charge in [0.25, 0.3) is 5.91 Å². The van der Waals surface area contributed by atoms with Crippen LogP contribution in [0.1, 0.15) is 6.92 Å². The summed E-state index contributed by atoms with van der Waals surface area (Å²) < 4.78 is 5.04. The maximum Gasteiger partial charge on any atom is 0.319 e. The zero-order chi connectivity index (χ0) is 16.7. The number of hydrogen-bond acceptors (Lipinski definition) is 4. The average molecular weight is 350 g/mol. The fourth-order valence-corrected chi connectivity index (χ4v) is 2.85. The lowest BCUT2D eigenvalue weighted by Crippen LogP contribution is -2.24. The third-order valence-corrected chi connectivity index (χ3v) is 4.17. The first-order valence-electron chi connectivity index (χ1n) is 6.98. The molecule has 0 aliphatic heterocycles. The van der Waals surface area contributed by atoms with Crippen molar-refractivity contribution in [3.8, 4) is 0 Å². The number of halogens is 1. The SMILES string of the molecule is C[C@H](Sc1ccccc1)C(=O)OCC(=O)Nc1cccc(Cl)c1. The first kappa shape index (κ1) is 17.4. The Hall–Kier alpha value is -1.98. The van der Waals surface area contributed by atoms with Crippen LogP contribution in [0.25, 0.3) is 0 Å². The van der Waals surface area contributed by atoms with Crippen LogP contribution in [-0.4, -0.2) is 23.7 Å². The van der Waals surface area contributed by atoms with Gasteiger partial charge in [-0.05, 0) is 37.3 Å². The van der Waals surface area contributed by atoms with Crippen molar-refractivity contribution in [3.05, 3.63) is 59.6 Å². The van der Waals surface area contributed by atoms with Gasteiger partial charge < -0.3 is 10.1 Å². The molecular formula is C17H16ClNO3S. The number of thioether (sulfide) groups is 1. The summed E-state index contributed by atoms with van der Waals surface area (Å²) in [6, 6.07) is 16.3. The standard InChI is InChI=1S/C17H16ClNO3S/c1-12(23-15-8-3-2-4-9-15)17(21)22-11-16(20)19-14-7-5-6-13(18)10-14/h2-10,12H,11H2,1H3,(H,19,20)/t12-/m0/s1. The number of amides is 1. The fourth-order valence-electron chi connectivity index (χ4n) is 1.77. The molecule has 0 fully saturated rings. The van der Waals surface area contributed by atoms with E-state index in [0.29, 0.717) is 10.7 Å².